The van der Waals surface area contributed by atoms with Crippen LogP contribution in [0.25, 0.3) is 11.4 Å². The highest BCUT2D eigenvalue weighted by atomic mass is 16.5. The van der Waals surface area contributed by atoms with Crippen LogP contribution < -0.4 is 14.8 Å². The number of esters is 1. The molecule has 0 atom stereocenters. The van der Waals surface area contributed by atoms with Crippen molar-refractivity contribution in [3.63, 3.8) is 0 Å². The lowest BCUT2D eigenvalue weighted by atomic mass is 10.0. The van der Waals surface area contributed by atoms with Gasteiger partial charge in [-0.2, -0.15) is 4.98 Å². The molecule has 8 heteroatoms. The Morgan fingerprint density at radius 2 is 1.73 bits per heavy atom. The van der Waals surface area contributed by atoms with Crippen molar-refractivity contribution in [2.24, 2.45) is 0 Å². The summed E-state index contributed by atoms with van der Waals surface area (Å²) in [4.78, 5) is 16.6. The zero-order valence-corrected chi connectivity index (χ0v) is 17.7. The van der Waals surface area contributed by atoms with Crippen molar-refractivity contribution in [1.29, 1.82) is 0 Å². The first-order valence-electron chi connectivity index (χ1n) is 9.48. The van der Waals surface area contributed by atoms with Gasteiger partial charge in [-0.3, -0.25) is 0 Å². The van der Waals surface area contributed by atoms with Gasteiger partial charge in [-0.25, -0.2) is 4.79 Å². The standard InChI is InChI=1S/C22H25N3O5/c1-13(2)14-6-8-15(9-7-14)21-24-20(30-25-21)12-23-17-11-19(28-4)18(27-3)10-16(17)22(26)29-5/h6-11,13,23H,12H2,1-5H3. The minimum absolute atomic E-state index is 0.219. The van der Waals surface area contributed by atoms with Crippen LogP contribution in [0.1, 0.15) is 41.6 Å². The van der Waals surface area contributed by atoms with Crippen LogP contribution in [-0.2, 0) is 11.3 Å². The van der Waals surface area contributed by atoms with Crippen LogP contribution in [0.4, 0.5) is 5.69 Å². The number of rotatable bonds is 8. The topological polar surface area (TPSA) is 95.7 Å². The summed E-state index contributed by atoms with van der Waals surface area (Å²) in [6.45, 7) is 4.50. The quantitative estimate of drug-likeness (QED) is 0.549. The lowest BCUT2D eigenvalue weighted by Gasteiger charge is -2.14. The molecule has 0 saturated heterocycles. The van der Waals surface area contributed by atoms with Gasteiger partial charge in [0.2, 0.25) is 11.7 Å². The predicted molar refractivity (Wildman–Crippen MR) is 112 cm³/mol. The molecule has 0 fully saturated rings. The molecule has 8 nitrogen and oxygen atoms in total. The zero-order chi connectivity index (χ0) is 21.7. The van der Waals surface area contributed by atoms with Gasteiger partial charge < -0.3 is 24.1 Å². The molecule has 0 unspecified atom stereocenters. The van der Waals surface area contributed by atoms with Gasteiger partial charge in [-0.15, -0.1) is 0 Å². The monoisotopic (exact) mass is 411 g/mol. The van der Waals surface area contributed by atoms with Crippen molar-refractivity contribution in [1.82, 2.24) is 10.1 Å². The van der Waals surface area contributed by atoms with Crippen LogP contribution in [0.3, 0.4) is 0 Å². The maximum Gasteiger partial charge on any atom is 0.340 e. The van der Waals surface area contributed by atoms with E-state index in [-0.39, 0.29) is 6.54 Å². The van der Waals surface area contributed by atoms with Gasteiger partial charge in [0.15, 0.2) is 11.5 Å². The third-order valence-electron chi connectivity index (χ3n) is 4.66. The van der Waals surface area contributed by atoms with E-state index >= 15 is 0 Å². The highest BCUT2D eigenvalue weighted by Gasteiger charge is 2.18. The number of hydrogen-bond acceptors (Lipinski definition) is 8. The first-order chi connectivity index (χ1) is 14.5. The lowest BCUT2D eigenvalue weighted by molar-refractivity contribution is 0.0601. The summed E-state index contributed by atoms with van der Waals surface area (Å²) in [7, 11) is 4.34. The number of nitrogens with zero attached hydrogens (tertiary/aromatic N) is 2. The maximum absolute atomic E-state index is 12.2. The van der Waals surface area contributed by atoms with Crippen LogP contribution >= 0.6 is 0 Å². The molecular weight excluding hydrogens is 386 g/mol. The van der Waals surface area contributed by atoms with Crippen molar-refractivity contribution in [2.45, 2.75) is 26.3 Å². The minimum atomic E-state index is -0.505. The molecule has 1 aromatic heterocycles. The summed E-state index contributed by atoms with van der Waals surface area (Å²) in [6, 6.07) is 11.3. The number of ether oxygens (including phenoxy) is 3. The Morgan fingerprint density at radius 3 is 2.33 bits per heavy atom. The van der Waals surface area contributed by atoms with E-state index in [1.54, 1.807) is 12.1 Å². The second-order valence-electron chi connectivity index (χ2n) is 6.89. The minimum Gasteiger partial charge on any atom is -0.493 e. The van der Waals surface area contributed by atoms with E-state index in [1.807, 2.05) is 12.1 Å². The van der Waals surface area contributed by atoms with Crippen LogP contribution in [0, 0.1) is 0 Å². The summed E-state index contributed by atoms with van der Waals surface area (Å²) in [5, 5.41) is 7.17. The van der Waals surface area contributed by atoms with Gasteiger partial charge in [0.05, 0.1) is 39.1 Å². The Morgan fingerprint density at radius 1 is 1.07 bits per heavy atom. The van der Waals surface area contributed by atoms with Crippen LogP contribution in [-0.4, -0.2) is 37.4 Å². The summed E-state index contributed by atoms with van der Waals surface area (Å²) < 4.78 is 20.8. The first kappa shape index (κ1) is 21.2. The van der Waals surface area contributed by atoms with Crippen LogP contribution in [0.2, 0.25) is 0 Å². The number of carbonyl (C=O) groups excluding carboxylic acids is 1. The number of benzene rings is 2. The molecule has 1 heterocycles. The van der Waals surface area contributed by atoms with E-state index in [9.17, 15) is 4.79 Å². The van der Waals surface area contributed by atoms with Gasteiger partial charge in [0.25, 0.3) is 0 Å². The van der Waals surface area contributed by atoms with Crippen molar-refractivity contribution in [3.8, 4) is 22.9 Å². The molecule has 158 valence electrons. The summed E-state index contributed by atoms with van der Waals surface area (Å²) in [5.74, 6) is 1.73. The second kappa shape index (κ2) is 9.30. The second-order valence-corrected chi connectivity index (χ2v) is 6.89. The third kappa shape index (κ3) is 4.53. The fourth-order valence-corrected chi connectivity index (χ4v) is 2.94. The van der Waals surface area contributed by atoms with E-state index in [0.29, 0.717) is 40.4 Å². The SMILES string of the molecule is COC(=O)c1cc(OC)c(OC)cc1NCc1nc(-c2ccc(C(C)C)cc2)no1. The molecule has 0 aliphatic carbocycles. The maximum atomic E-state index is 12.2. The fraction of sp³-hybridized carbons (Fsp3) is 0.318. The Bertz CT molecular complexity index is 1010. The van der Waals surface area contributed by atoms with Gasteiger partial charge in [0, 0.05) is 17.7 Å². The van der Waals surface area contributed by atoms with Crippen molar-refractivity contribution < 1.29 is 23.5 Å². The molecule has 0 aliphatic rings. The Balaban J connectivity index is 1.79. The predicted octanol–water partition coefficient (Wildman–Crippen LogP) is 4.28. The van der Waals surface area contributed by atoms with E-state index in [4.69, 9.17) is 18.7 Å². The average molecular weight is 411 g/mol. The molecule has 0 spiro atoms. The van der Waals surface area contributed by atoms with E-state index in [2.05, 4.69) is 41.4 Å². The van der Waals surface area contributed by atoms with E-state index in [1.165, 1.54) is 26.9 Å². The number of nitrogens with one attached hydrogen (secondary N) is 1. The Kier molecular flexibility index (Phi) is 6.56. The van der Waals surface area contributed by atoms with Crippen LogP contribution in [0.5, 0.6) is 11.5 Å². The zero-order valence-electron chi connectivity index (χ0n) is 17.7. The van der Waals surface area contributed by atoms with Crippen molar-refractivity contribution in [3.05, 3.63) is 53.4 Å². The normalized spacial score (nSPS) is 10.7. The highest BCUT2D eigenvalue weighted by Crippen LogP contribution is 2.34. The highest BCUT2D eigenvalue weighted by molar-refractivity contribution is 5.96. The molecule has 0 saturated carbocycles. The van der Waals surface area contributed by atoms with E-state index < -0.39 is 5.97 Å². The first-order valence-corrected chi connectivity index (χ1v) is 9.48. The summed E-state index contributed by atoms with van der Waals surface area (Å²) in [5.41, 5.74) is 2.92. The Labute approximate surface area is 175 Å². The summed E-state index contributed by atoms with van der Waals surface area (Å²) in [6.07, 6.45) is 0. The number of anilines is 1. The van der Waals surface area contributed by atoms with Gasteiger partial charge in [-0.1, -0.05) is 43.3 Å². The number of carbonyl (C=O) groups is 1. The molecule has 30 heavy (non-hydrogen) atoms. The molecule has 2 aromatic carbocycles. The smallest absolute Gasteiger partial charge is 0.340 e. The van der Waals surface area contributed by atoms with Gasteiger partial charge in [-0.05, 0) is 11.5 Å². The van der Waals surface area contributed by atoms with Gasteiger partial charge in [0.1, 0.15) is 0 Å². The molecule has 0 bridgehead atoms. The lowest BCUT2D eigenvalue weighted by Crippen LogP contribution is -2.09. The van der Waals surface area contributed by atoms with E-state index in [0.717, 1.165) is 5.56 Å². The van der Waals surface area contributed by atoms with Crippen LogP contribution in [0.15, 0.2) is 40.9 Å². The van der Waals surface area contributed by atoms with Gasteiger partial charge >= 0.3 is 5.97 Å². The molecule has 0 radical (unpaired) electrons. The Hall–Kier alpha value is -3.55. The molecule has 0 amide bonds. The molecule has 3 rings (SSSR count). The average Bonchev–Trinajstić information content (AvgIpc) is 3.25. The van der Waals surface area contributed by atoms with Crippen molar-refractivity contribution in [2.75, 3.05) is 26.6 Å². The largest absolute Gasteiger partial charge is 0.493 e. The number of aromatic nitrogens is 2. The number of methoxy groups -OCH3 is 3. The van der Waals surface area contributed by atoms with Crippen molar-refractivity contribution >= 4 is 11.7 Å². The summed E-state index contributed by atoms with van der Waals surface area (Å²) >= 11 is 0. The molecule has 3 aromatic rings. The fourth-order valence-electron chi connectivity index (χ4n) is 2.94. The number of hydrogen-bond donors (Lipinski definition) is 1. The third-order valence-corrected chi connectivity index (χ3v) is 4.66. The molecule has 1 N–H and O–H groups in total. The molecule has 0 aliphatic heterocycles. The molecular formula is C22H25N3O5.